The minimum Gasteiger partial charge on any atom is -0.469 e. The van der Waals surface area contributed by atoms with E-state index in [0.29, 0.717) is 0 Å². The lowest BCUT2D eigenvalue weighted by molar-refractivity contribution is -0.140. The number of primary sulfonamides is 1. The SMILES string of the molecule is COC(=O)CCC(=O)c1ccc(Br)c(S(N)(=O)=O)c1. The standard InChI is InChI=1S/C11H12BrNO5S/c1-18-11(15)5-4-9(14)7-2-3-8(12)10(6-7)19(13,16)17/h2-3,6H,4-5H2,1H3,(H2,13,16,17). The molecule has 0 heterocycles. The van der Waals surface area contributed by atoms with Gasteiger partial charge in [0.25, 0.3) is 0 Å². The highest BCUT2D eigenvalue weighted by Crippen LogP contribution is 2.22. The first-order valence-corrected chi connectivity index (χ1v) is 7.52. The van der Waals surface area contributed by atoms with Gasteiger partial charge in [0.1, 0.15) is 0 Å². The average molecular weight is 350 g/mol. The highest BCUT2D eigenvalue weighted by molar-refractivity contribution is 9.10. The fourth-order valence-corrected chi connectivity index (χ4v) is 2.91. The maximum Gasteiger partial charge on any atom is 0.305 e. The molecule has 0 aliphatic heterocycles. The number of halogens is 1. The second-order valence-electron chi connectivity index (χ2n) is 3.69. The van der Waals surface area contributed by atoms with Gasteiger partial charge >= 0.3 is 5.97 Å². The van der Waals surface area contributed by atoms with Crippen molar-refractivity contribution < 1.29 is 22.7 Å². The molecule has 0 amide bonds. The number of ether oxygens (including phenoxy) is 1. The predicted octanol–water partition coefficient (Wildman–Crippen LogP) is 1.23. The number of carbonyl (C=O) groups is 2. The third kappa shape index (κ3) is 4.41. The van der Waals surface area contributed by atoms with Crippen molar-refractivity contribution in [3.05, 3.63) is 28.2 Å². The Morgan fingerprint density at radius 3 is 2.47 bits per heavy atom. The van der Waals surface area contributed by atoms with Gasteiger partial charge in [-0.3, -0.25) is 9.59 Å². The first-order chi connectivity index (χ1) is 8.75. The van der Waals surface area contributed by atoms with Crippen molar-refractivity contribution in [1.29, 1.82) is 0 Å². The minimum atomic E-state index is -3.92. The summed E-state index contributed by atoms with van der Waals surface area (Å²) < 4.78 is 27.3. The van der Waals surface area contributed by atoms with Crippen LogP contribution >= 0.6 is 15.9 Å². The molecule has 104 valence electrons. The van der Waals surface area contributed by atoms with Gasteiger partial charge in [-0.15, -0.1) is 0 Å². The summed E-state index contributed by atoms with van der Waals surface area (Å²) in [6.07, 6.45) is -0.117. The molecule has 0 aliphatic rings. The van der Waals surface area contributed by atoms with Crippen LogP contribution in [0.5, 0.6) is 0 Å². The molecule has 0 bridgehead atoms. The maximum absolute atomic E-state index is 11.8. The molecule has 0 aromatic heterocycles. The molecule has 0 spiro atoms. The van der Waals surface area contributed by atoms with Gasteiger partial charge in [-0.05, 0) is 28.1 Å². The van der Waals surface area contributed by atoms with E-state index in [0.717, 1.165) is 0 Å². The van der Waals surface area contributed by atoms with E-state index in [1.165, 1.54) is 25.3 Å². The Morgan fingerprint density at radius 1 is 1.32 bits per heavy atom. The van der Waals surface area contributed by atoms with Gasteiger partial charge in [0.05, 0.1) is 18.4 Å². The molecule has 8 heteroatoms. The number of ketones is 1. The van der Waals surface area contributed by atoms with Crippen LogP contribution in [-0.4, -0.2) is 27.3 Å². The molecule has 0 fully saturated rings. The summed E-state index contributed by atoms with van der Waals surface area (Å²) in [5.74, 6) is -0.861. The summed E-state index contributed by atoms with van der Waals surface area (Å²) in [5, 5.41) is 5.03. The first kappa shape index (κ1) is 15.8. The fourth-order valence-electron chi connectivity index (χ4n) is 1.36. The average Bonchev–Trinajstić information content (AvgIpc) is 2.34. The van der Waals surface area contributed by atoms with Gasteiger partial charge in [-0.2, -0.15) is 0 Å². The van der Waals surface area contributed by atoms with Gasteiger partial charge < -0.3 is 4.74 Å². The van der Waals surface area contributed by atoms with Gasteiger partial charge in [-0.1, -0.05) is 6.07 Å². The normalized spacial score (nSPS) is 11.1. The summed E-state index contributed by atoms with van der Waals surface area (Å²) in [4.78, 5) is 22.6. The Morgan fingerprint density at radius 2 is 1.95 bits per heavy atom. The van der Waals surface area contributed by atoms with E-state index in [1.807, 2.05) is 0 Å². The van der Waals surface area contributed by atoms with E-state index in [9.17, 15) is 18.0 Å². The number of carbonyl (C=O) groups excluding carboxylic acids is 2. The van der Waals surface area contributed by atoms with Gasteiger partial charge in [-0.25, -0.2) is 13.6 Å². The molecule has 0 saturated heterocycles. The zero-order chi connectivity index (χ0) is 14.6. The molecule has 0 saturated carbocycles. The number of esters is 1. The number of methoxy groups -OCH3 is 1. The van der Waals surface area contributed by atoms with Crippen molar-refractivity contribution in [2.24, 2.45) is 5.14 Å². The van der Waals surface area contributed by atoms with E-state index >= 15 is 0 Å². The van der Waals surface area contributed by atoms with Crippen LogP contribution in [0.3, 0.4) is 0 Å². The molecule has 0 radical (unpaired) electrons. The van der Waals surface area contributed by atoms with E-state index in [1.54, 1.807) is 0 Å². The van der Waals surface area contributed by atoms with E-state index in [4.69, 9.17) is 5.14 Å². The van der Waals surface area contributed by atoms with Crippen LogP contribution < -0.4 is 5.14 Å². The second-order valence-corrected chi connectivity index (χ2v) is 6.07. The highest BCUT2D eigenvalue weighted by Gasteiger charge is 2.16. The molecule has 0 aliphatic carbocycles. The lowest BCUT2D eigenvalue weighted by atomic mass is 10.1. The zero-order valence-electron chi connectivity index (χ0n) is 10.1. The van der Waals surface area contributed by atoms with E-state index in [2.05, 4.69) is 20.7 Å². The van der Waals surface area contributed by atoms with Crippen molar-refractivity contribution in [3.63, 3.8) is 0 Å². The van der Waals surface area contributed by atoms with Crippen molar-refractivity contribution in [2.75, 3.05) is 7.11 Å². The summed E-state index contributed by atoms with van der Waals surface area (Å²) in [5.41, 5.74) is 0.177. The van der Waals surface area contributed by atoms with Gasteiger partial charge in [0, 0.05) is 16.5 Å². The number of rotatable bonds is 5. The van der Waals surface area contributed by atoms with Crippen molar-refractivity contribution in [1.82, 2.24) is 0 Å². The lowest BCUT2D eigenvalue weighted by Crippen LogP contribution is -2.14. The van der Waals surface area contributed by atoms with Crippen LogP contribution in [0.1, 0.15) is 23.2 Å². The van der Waals surface area contributed by atoms with Crippen LogP contribution in [0.2, 0.25) is 0 Å². The largest absolute Gasteiger partial charge is 0.469 e. The van der Waals surface area contributed by atoms with Gasteiger partial charge in [0.2, 0.25) is 10.0 Å². The number of Topliss-reactive ketones (excluding diaryl/α,β-unsaturated/α-hetero) is 1. The summed E-state index contributed by atoms with van der Waals surface area (Å²) in [6, 6.07) is 4.06. The fraction of sp³-hybridized carbons (Fsp3) is 0.273. The van der Waals surface area contributed by atoms with Crippen molar-refractivity contribution in [2.45, 2.75) is 17.7 Å². The summed E-state index contributed by atoms with van der Waals surface area (Å²) in [7, 11) is -2.69. The Labute approximate surface area is 119 Å². The molecule has 0 atom stereocenters. The topological polar surface area (TPSA) is 104 Å². The number of hydrogen-bond donors (Lipinski definition) is 1. The van der Waals surface area contributed by atoms with Crippen molar-refractivity contribution in [3.8, 4) is 0 Å². The van der Waals surface area contributed by atoms with E-state index in [-0.39, 0.29) is 33.6 Å². The number of benzene rings is 1. The number of hydrogen-bond acceptors (Lipinski definition) is 5. The molecule has 1 rings (SSSR count). The summed E-state index contributed by atoms with van der Waals surface area (Å²) in [6.45, 7) is 0. The van der Waals surface area contributed by atoms with Crippen LogP contribution in [0, 0.1) is 0 Å². The molecule has 1 aromatic rings. The minimum absolute atomic E-state index is 0.0572. The van der Waals surface area contributed by atoms with Crippen LogP contribution in [0.25, 0.3) is 0 Å². The molecule has 6 nitrogen and oxygen atoms in total. The van der Waals surface area contributed by atoms with Gasteiger partial charge in [0.15, 0.2) is 5.78 Å². The number of sulfonamides is 1. The molecular weight excluding hydrogens is 338 g/mol. The molecule has 1 aromatic carbocycles. The Bertz CT molecular complexity index is 612. The van der Waals surface area contributed by atoms with Crippen LogP contribution in [-0.2, 0) is 19.6 Å². The first-order valence-electron chi connectivity index (χ1n) is 5.18. The quantitative estimate of drug-likeness (QED) is 0.635. The Kier molecular flexibility index (Phi) is 5.21. The third-order valence-corrected chi connectivity index (χ3v) is 4.25. The van der Waals surface area contributed by atoms with E-state index < -0.39 is 16.0 Å². The highest BCUT2D eigenvalue weighted by atomic mass is 79.9. The molecule has 2 N–H and O–H groups in total. The Balaban J connectivity index is 2.97. The third-order valence-electron chi connectivity index (χ3n) is 2.34. The summed E-state index contributed by atoms with van der Waals surface area (Å²) >= 11 is 3.04. The zero-order valence-corrected chi connectivity index (χ0v) is 12.5. The second kappa shape index (κ2) is 6.27. The maximum atomic E-state index is 11.8. The molecular formula is C11H12BrNO5S. The Hall–Kier alpha value is -1.25. The lowest BCUT2D eigenvalue weighted by Gasteiger charge is -2.05. The molecule has 19 heavy (non-hydrogen) atoms. The molecule has 0 unspecified atom stereocenters. The monoisotopic (exact) mass is 349 g/mol. The van der Waals surface area contributed by atoms with Crippen molar-refractivity contribution >= 4 is 37.7 Å². The van der Waals surface area contributed by atoms with Crippen LogP contribution in [0.4, 0.5) is 0 Å². The predicted molar refractivity (Wildman–Crippen MR) is 71.1 cm³/mol. The number of nitrogens with two attached hydrogens (primary N) is 1. The van der Waals surface area contributed by atoms with Crippen LogP contribution in [0.15, 0.2) is 27.6 Å². The smallest absolute Gasteiger partial charge is 0.305 e.